The lowest BCUT2D eigenvalue weighted by Crippen LogP contribution is -2.54. The highest BCUT2D eigenvalue weighted by Gasteiger charge is 2.40. The number of hydrogen-bond donors (Lipinski definition) is 4. The maximum atomic E-state index is 13.7. The van der Waals surface area contributed by atoms with Gasteiger partial charge in [-0.05, 0) is 74.1 Å². The molecule has 2 fully saturated rings. The van der Waals surface area contributed by atoms with E-state index in [1.165, 1.54) is 28.4 Å². The highest BCUT2D eigenvalue weighted by atomic mass is 16.5. The average molecular weight is 796 g/mol. The molecule has 0 saturated carbocycles. The summed E-state index contributed by atoms with van der Waals surface area (Å²) < 4.78 is 20.3. The fourth-order valence-electron chi connectivity index (χ4n) is 7.87. The second kappa shape index (κ2) is 17.2. The first-order valence-electron chi connectivity index (χ1n) is 19.3. The number of fused-ring (bicyclic) bond motifs is 2. The van der Waals surface area contributed by atoms with Crippen molar-refractivity contribution in [2.45, 2.75) is 75.9 Å². The molecule has 2 aliphatic heterocycles. The van der Waals surface area contributed by atoms with Gasteiger partial charge in [0.2, 0.25) is 11.8 Å². The molecule has 2 saturated heterocycles. The summed E-state index contributed by atoms with van der Waals surface area (Å²) in [5, 5.41) is 7.31. The normalized spacial score (nSPS) is 18.9. The maximum absolute atomic E-state index is 13.7. The lowest BCUT2D eigenvalue weighted by atomic mass is 10.00. The van der Waals surface area contributed by atoms with Crippen LogP contribution in [0.4, 0.5) is 9.59 Å². The number of amides is 4. The molecule has 2 aromatic carbocycles. The summed E-state index contributed by atoms with van der Waals surface area (Å²) in [4.78, 5) is 75.9. The van der Waals surface area contributed by atoms with Gasteiger partial charge in [0.1, 0.15) is 23.7 Å². The molecule has 6 atom stereocenters. The van der Waals surface area contributed by atoms with Crippen molar-refractivity contribution in [3.63, 3.8) is 0 Å². The molecular formula is C41H49N9O8. The van der Waals surface area contributed by atoms with Crippen LogP contribution in [0, 0.1) is 0 Å². The minimum Gasteiger partial charge on any atom is -0.453 e. The van der Waals surface area contributed by atoms with Gasteiger partial charge in [-0.15, -0.1) is 0 Å². The quantitative estimate of drug-likeness (QED) is 0.132. The molecular weight excluding hydrogens is 747 g/mol. The molecule has 4 N–H and O–H groups in total. The fraction of sp³-hybridized carbons (Fsp3) is 0.439. The van der Waals surface area contributed by atoms with Crippen LogP contribution in [-0.4, -0.2) is 125 Å². The monoisotopic (exact) mass is 795 g/mol. The third kappa shape index (κ3) is 8.04. The Hall–Kier alpha value is -6.07. The van der Waals surface area contributed by atoms with E-state index < -0.39 is 36.5 Å². The Kier molecular flexibility index (Phi) is 11.9. The number of carbonyl (C=O) groups is 4. The van der Waals surface area contributed by atoms with Crippen LogP contribution in [0.2, 0.25) is 0 Å². The predicted molar refractivity (Wildman–Crippen MR) is 213 cm³/mol. The summed E-state index contributed by atoms with van der Waals surface area (Å²) in [6.07, 6.45) is 4.06. The average Bonchev–Trinajstić information content (AvgIpc) is 4.09. The molecule has 5 aromatic rings. The van der Waals surface area contributed by atoms with Crippen LogP contribution in [-0.2, 0) is 28.5 Å². The molecule has 58 heavy (non-hydrogen) atoms. The first kappa shape index (κ1) is 40.1. The molecule has 0 aliphatic carbocycles. The van der Waals surface area contributed by atoms with E-state index >= 15 is 0 Å². The van der Waals surface area contributed by atoms with Gasteiger partial charge in [0, 0.05) is 44.6 Å². The summed E-state index contributed by atoms with van der Waals surface area (Å²) in [6.45, 7) is 4.50. The Balaban J connectivity index is 1.07. The van der Waals surface area contributed by atoms with Gasteiger partial charge in [0.05, 0.1) is 55.9 Å². The minimum absolute atomic E-state index is 0.256. The number of alkyl carbamates (subject to hydrolysis) is 2. The minimum atomic E-state index is -0.920. The van der Waals surface area contributed by atoms with Gasteiger partial charge < -0.3 is 49.3 Å². The second-order valence-electron chi connectivity index (χ2n) is 14.7. The number of methoxy groups -OCH3 is 4. The predicted octanol–water partition coefficient (Wildman–Crippen LogP) is 5.01. The van der Waals surface area contributed by atoms with Crippen LogP contribution >= 0.6 is 0 Å². The standard InChI is InChI=1S/C41H49N9O8/c1-22(55-3)33(46-40(53)57-5)38(51)49-15-7-9-31(49)36-43-21-30(45-36)27-14-13-24-17-26(12-11-25(24)18-27)28-19-29-35(42-20-28)48-37(44-29)32-10-8-16-50(32)39(52)34(23(2)56-4)47-41(54)58-6/h11-14,17-23,31-34H,7-10,15-16H2,1-6H3,(H,43,45)(H,46,53)(H,47,54)(H,42,44,48)/t22-,23-,31+,32+,33+,34+/m1/s1. The third-order valence-electron chi connectivity index (χ3n) is 11.3. The number of carbonyl (C=O) groups excluding carboxylic acids is 4. The molecule has 0 spiro atoms. The zero-order chi connectivity index (χ0) is 41.1. The van der Waals surface area contributed by atoms with E-state index in [2.05, 4.69) is 60.9 Å². The summed E-state index contributed by atoms with van der Waals surface area (Å²) in [7, 11) is 5.49. The fourth-order valence-corrected chi connectivity index (χ4v) is 7.87. The summed E-state index contributed by atoms with van der Waals surface area (Å²) >= 11 is 0. The van der Waals surface area contributed by atoms with E-state index in [1.807, 2.05) is 12.1 Å². The van der Waals surface area contributed by atoms with Crippen LogP contribution in [0.3, 0.4) is 0 Å². The summed E-state index contributed by atoms with van der Waals surface area (Å²) in [5.74, 6) is 0.784. The van der Waals surface area contributed by atoms with Gasteiger partial charge in [-0.1, -0.05) is 24.3 Å². The number of H-pyrrole nitrogens is 2. The maximum Gasteiger partial charge on any atom is 0.407 e. The molecule has 0 bridgehead atoms. The molecule has 17 nitrogen and oxygen atoms in total. The van der Waals surface area contributed by atoms with Crippen LogP contribution in [0.25, 0.3) is 44.3 Å². The molecule has 5 heterocycles. The van der Waals surface area contributed by atoms with Crippen molar-refractivity contribution in [3.05, 3.63) is 66.5 Å². The number of nitrogens with zero attached hydrogens (tertiary/aromatic N) is 5. The Labute approximate surface area is 335 Å². The van der Waals surface area contributed by atoms with Gasteiger partial charge in [-0.25, -0.2) is 24.5 Å². The molecule has 4 amide bonds. The van der Waals surface area contributed by atoms with Crippen molar-refractivity contribution >= 4 is 45.9 Å². The van der Waals surface area contributed by atoms with Crippen molar-refractivity contribution in [1.82, 2.24) is 45.4 Å². The first-order chi connectivity index (χ1) is 28.0. The number of hydrogen-bond acceptors (Lipinski definition) is 11. The molecule has 17 heteroatoms. The Morgan fingerprint density at radius 1 is 0.690 bits per heavy atom. The zero-order valence-electron chi connectivity index (χ0n) is 33.4. The lowest BCUT2D eigenvalue weighted by molar-refractivity contribution is -0.138. The van der Waals surface area contributed by atoms with Crippen molar-refractivity contribution < 1.29 is 38.1 Å². The highest BCUT2D eigenvalue weighted by molar-refractivity contribution is 5.92. The van der Waals surface area contributed by atoms with Crippen LogP contribution in [0.5, 0.6) is 0 Å². The Morgan fingerprint density at radius 2 is 1.24 bits per heavy atom. The van der Waals surface area contributed by atoms with Gasteiger partial charge in [-0.2, -0.15) is 0 Å². The Bertz CT molecular complexity index is 2310. The third-order valence-corrected chi connectivity index (χ3v) is 11.3. The van der Waals surface area contributed by atoms with Gasteiger partial charge in [-0.3, -0.25) is 9.59 Å². The number of aromatic nitrogens is 5. The number of imidazole rings is 2. The van der Waals surface area contributed by atoms with Crippen LogP contribution < -0.4 is 10.6 Å². The molecule has 306 valence electrons. The van der Waals surface area contributed by atoms with Crippen LogP contribution in [0.15, 0.2) is 54.9 Å². The van der Waals surface area contributed by atoms with Gasteiger partial charge in [0.15, 0.2) is 5.65 Å². The van der Waals surface area contributed by atoms with Crippen molar-refractivity contribution in [2.75, 3.05) is 41.5 Å². The van der Waals surface area contributed by atoms with E-state index in [4.69, 9.17) is 23.9 Å². The van der Waals surface area contributed by atoms with E-state index in [9.17, 15) is 19.2 Å². The second-order valence-corrected chi connectivity index (χ2v) is 14.7. The topological polar surface area (TPSA) is 206 Å². The van der Waals surface area contributed by atoms with E-state index in [0.717, 1.165) is 57.9 Å². The summed E-state index contributed by atoms with van der Waals surface area (Å²) in [6, 6.07) is 12.0. The largest absolute Gasteiger partial charge is 0.453 e. The number of pyridine rings is 1. The lowest BCUT2D eigenvalue weighted by Gasteiger charge is -2.30. The zero-order valence-corrected chi connectivity index (χ0v) is 33.4. The van der Waals surface area contributed by atoms with Crippen LogP contribution in [0.1, 0.15) is 63.3 Å². The van der Waals surface area contributed by atoms with Gasteiger partial charge >= 0.3 is 12.2 Å². The number of aromatic amines is 2. The molecule has 0 unspecified atom stereocenters. The number of rotatable bonds is 12. The molecule has 7 rings (SSSR count). The van der Waals surface area contributed by atoms with Gasteiger partial charge in [0.25, 0.3) is 0 Å². The number of ether oxygens (including phenoxy) is 4. The number of nitrogens with one attached hydrogen (secondary N) is 4. The number of likely N-dealkylation sites (tertiary alicyclic amines) is 2. The Morgan fingerprint density at radius 3 is 1.81 bits per heavy atom. The van der Waals surface area contributed by atoms with Crippen molar-refractivity contribution in [2.24, 2.45) is 0 Å². The molecule has 2 aliphatic rings. The van der Waals surface area contributed by atoms with Crippen molar-refractivity contribution in [1.29, 1.82) is 0 Å². The number of benzene rings is 2. The van der Waals surface area contributed by atoms with E-state index in [1.54, 1.807) is 36.0 Å². The highest BCUT2D eigenvalue weighted by Crippen LogP contribution is 2.35. The smallest absolute Gasteiger partial charge is 0.407 e. The van der Waals surface area contributed by atoms with E-state index in [0.29, 0.717) is 36.8 Å². The SMILES string of the molecule is COC(=O)N[C@H](C(=O)N1CCC[C@H]1c1ncc(-c2ccc3cc(-c4cnc5nc([C@@H]6CCCN6C(=O)[C@@H](NC(=O)OC)[C@@H](C)OC)[nH]c5c4)ccc3c2)[nH]1)[C@@H](C)OC. The first-order valence-corrected chi connectivity index (χ1v) is 19.3. The van der Waals surface area contributed by atoms with E-state index in [-0.39, 0.29) is 23.9 Å². The molecule has 3 aromatic heterocycles. The summed E-state index contributed by atoms with van der Waals surface area (Å²) in [5.41, 5.74) is 4.95. The molecule has 0 radical (unpaired) electrons. The van der Waals surface area contributed by atoms with Crippen molar-refractivity contribution in [3.8, 4) is 22.4 Å².